The van der Waals surface area contributed by atoms with Crippen molar-refractivity contribution in [3.63, 3.8) is 0 Å². The summed E-state index contributed by atoms with van der Waals surface area (Å²) in [5.74, 6) is -0.176. The maximum atomic E-state index is 11.2. The lowest BCUT2D eigenvalue weighted by molar-refractivity contribution is -0.133. The highest BCUT2D eigenvalue weighted by atomic mass is 16.4. The Morgan fingerprint density at radius 3 is 2.36 bits per heavy atom. The maximum absolute atomic E-state index is 11.2. The van der Waals surface area contributed by atoms with Crippen LogP contribution in [0.4, 0.5) is 0 Å². The van der Waals surface area contributed by atoms with Crippen molar-refractivity contribution in [3.05, 3.63) is 23.3 Å². The van der Waals surface area contributed by atoms with Crippen LogP contribution in [0.25, 0.3) is 0 Å². The third-order valence-electron chi connectivity index (χ3n) is 3.15. The van der Waals surface area contributed by atoms with Crippen molar-refractivity contribution in [2.75, 3.05) is 0 Å². The number of carbonyl (C=O) groups is 1. The molecule has 0 aromatic rings. The summed E-state index contributed by atoms with van der Waals surface area (Å²) < 4.78 is 0. The monoisotopic (exact) mass is 192 g/mol. The summed E-state index contributed by atoms with van der Waals surface area (Å²) in [6, 6.07) is 0. The van der Waals surface area contributed by atoms with Crippen molar-refractivity contribution in [1.82, 2.24) is 0 Å². The number of hydrogen-bond acceptors (Lipinski definition) is 1. The second kappa shape index (κ2) is 2.72. The van der Waals surface area contributed by atoms with Gasteiger partial charge in [-0.2, -0.15) is 0 Å². The largest absolute Gasteiger partial charge is 0.478 e. The van der Waals surface area contributed by atoms with E-state index in [9.17, 15) is 9.90 Å². The summed E-state index contributed by atoms with van der Waals surface area (Å²) in [5, 5.41) is 9.18. The molecule has 0 saturated carbocycles. The molecule has 0 radical (unpaired) electrons. The van der Waals surface area contributed by atoms with Crippen LogP contribution in [-0.4, -0.2) is 11.1 Å². The fourth-order valence-electron chi connectivity index (χ4n) is 2.76. The van der Waals surface area contributed by atoms with Gasteiger partial charge >= 0.3 is 5.97 Å². The fraction of sp³-hybridized carbons (Fsp3) is 0.583. The minimum atomic E-state index is -0.730. The van der Waals surface area contributed by atoms with E-state index in [1.807, 2.05) is 6.08 Å². The molecular formula is C12H16O2. The predicted octanol–water partition coefficient (Wildman–Crippen LogP) is 2.62. The molecule has 1 N–H and O–H groups in total. The highest BCUT2D eigenvalue weighted by Crippen LogP contribution is 2.50. The molecule has 2 heteroatoms. The Hall–Kier alpha value is -1.05. The Labute approximate surface area is 84.3 Å². The lowest BCUT2D eigenvalue weighted by atomic mass is 9.78. The number of carboxylic acid groups (broad SMARTS) is 1. The average molecular weight is 192 g/mol. The molecule has 2 atom stereocenters. The Balaban J connectivity index is 2.49. The third kappa shape index (κ3) is 1.21. The Morgan fingerprint density at radius 1 is 1.36 bits per heavy atom. The highest BCUT2D eigenvalue weighted by Gasteiger charge is 2.42. The minimum absolute atomic E-state index is 0.0160. The van der Waals surface area contributed by atoms with Crippen LogP contribution in [0.15, 0.2) is 23.3 Å². The van der Waals surface area contributed by atoms with Crippen LogP contribution in [-0.2, 0) is 4.79 Å². The first kappa shape index (κ1) is 9.50. The average Bonchev–Trinajstić information content (AvgIpc) is 2.58. The molecule has 0 amide bonds. The van der Waals surface area contributed by atoms with Gasteiger partial charge in [-0.25, -0.2) is 4.79 Å². The van der Waals surface area contributed by atoms with Gasteiger partial charge in [-0.15, -0.1) is 0 Å². The molecule has 0 fully saturated rings. The molecule has 0 heterocycles. The Kier molecular flexibility index (Phi) is 1.85. The third-order valence-corrected chi connectivity index (χ3v) is 3.15. The van der Waals surface area contributed by atoms with E-state index in [0.29, 0.717) is 11.5 Å². The van der Waals surface area contributed by atoms with Gasteiger partial charge in [-0.3, -0.25) is 0 Å². The summed E-state index contributed by atoms with van der Waals surface area (Å²) in [7, 11) is 0. The first-order valence-electron chi connectivity index (χ1n) is 5.07. The van der Waals surface area contributed by atoms with Crippen molar-refractivity contribution in [2.24, 2.45) is 17.3 Å². The second-order valence-electron chi connectivity index (χ2n) is 5.22. The van der Waals surface area contributed by atoms with Gasteiger partial charge < -0.3 is 5.11 Å². The van der Waals surface area contributed by atoms with Gasteiger partial charge in [0, 0.05) is 11.5 Å². The van der Waals surface area contributed by atoms with Crippen LogP contribution in [0.3, 0.4) is 0 Å². The van der Waals surface area contributed by atoms with E-state index in [1.54, 1.807) is 0 Å². The van der Waals surface area contributed by atoms with E-state index < -0.39 is 5.97 Å². The lowest BCUT2D eigenvalue weighted by Crippen LogP contribution is -2.19. The zero-order valence-electron chi connectivity index (χ0n) is 8.87. The Bertz CT molecular complexity index is 342. The second-order valence-corrected chi connectivity index (χ2v) is 5.22. The number of fused-ring (bicyclic) bond motifs is 2. The van der Waals surface area contributed by atoms with Crippen LogP contribution < -0.4 is 0 Å². The van der Waals surface area contributed by atoms with Crippen molar-refractivity contribution < 1.29 is 9.90 Å². The van der Waals surface area contributed by atoms with E-state index in [4.69, 9.17) is 0 Å². The molecule has 2 unspecified atom stereocenters. The van der Waals surface area contributed by atoms with Crippen molar-refractivity contribution in [1.29, 1.82) is 0 Å². The van der Waals surface area contributed by atoms with Gasteiger partial charge in [0.05, 0.1) is 0 Å². The van der Waals surface area contributed by atoms with Crippen molar-refractivity contribution >= 4 is 5.97 Å². The van der Waals surface area contributed by atoms with E-state index in [1.165, 1.54) is 0 Å². The summed E-state index contributed by atoms with van der Waals surface area (Å²) >= 11 is 0. The van der Waals surface area contributed by atoms with Crippen LogP contribution in [0, 0.1) is 17.3 Å². The van der Waals surface area contributed by atoms with Crippen LogP contribution in [0.2, 0.25) is 0 Å². The number of rotatable bonds is 1. The topological polar surface area (TPSA) is 37.3 Å². The van der Waals surface area contributed by atoms with Gasteiger partial charge in [0.1, 0.15) is 0 Å². The smallest absolute Gasteiger partial charge is 0.332 e. The normalized spacial score (nSPS) is 30.2. The van der Waals surface area contributed by atoms with E-state index in [-0.39, 0.29) is 11.3 Å². The number of allylic oxidation sites excluding steroid dienone is 3. The standard InChI is InChI=1S/C12H16O2/c1-12(2,3)10-8-5-4-7(6-8)9(10)11(13)14/h4-5,7-8H,6H2,1-3H3,(H,13,14). The lowest BCUT2D eigenvalue weighted by Gasteiger charge is -2.27. The van der Waals surface area contributed by atoms with E-state index in [2.05, 4.69) is 26.8 Å². The zero-order chi connectivity index (χ0) is 10.5. The fourth-order valence-corrected chi connectivity index (χ4v) is 2.76. The summed E-state index contributed by atoms with van der Waals surface area (Å²) in [6.45, 7) is 6.29. The van der Waals surface area contributed by atoms with Gasteiger partial charge in [0.15, 0.2) is 0 Å². The molecule has 14 heavy (non-hydrogen) atoms. The SMILES string of the molecule is CC(C)(C)C1=C(C(=O)O)C2C=CC1C2. The van der Waals surface area contributed by atoms with Crippen molar-refractivity contribution in [3.8, 4) is 0 Å². The van der Waals surface area contributed by atoms with Crippen LogP contribution in [0.1, 0.15) is 27.2 Å². The quantitative estimate of drug-likeness (QED) is 0.648. The molecule has 0 aromatic carbocycles. The van der Waals surface area contributed by atoms with Crippen molar-refractivity contribution in [2.45, 2.75) is 27.2 Å². The van der Waals surface area contributed by atoms with E-state index >= 15 is 0 Å². The molecule has 2 rings (SSSR count). The van der Waals surface area contributed by atoms with Gasteiger partial charge in [0.25, 0.3) is 0 Å². The van der Waals surface area contributed by atoms with Gasteiger partial charge in [-0.1, -0.05) is 32.9 Å². The predicted molar refractivity (Wildman–Crippen MR) is 54.9 cm³/mol. The molecule has 2 aliphatic carbocycles. The molecule has 0 aliphatic heterocycles. The Morgan fingerprint density at radius 2 is 1.93 bits per heavy atom. The molecule has 0 aromatic heterocycles. The summed E-state index contributed by atoms with van der Waals surface area (Å²) in [5.41, 5.74) is 1.78. The molecule has 2 bridgehead atoms. The first-order valence-corrected chi connectivity index (χ1v) is 5.07. The number of aliphatic carboxylic acids is 1. The molecule has 76 valence electrons. The highest BCUT2D eigenvalue weighted by molar-refractivity contribution is 5.90. The first-order chi connectivity index (χ1) is 6.41. The van der Waals surface area contributed by atoms with Gasteiger partial charge in [-0.05, 0) is 23.3 Å². The van der Waals surface area contributed by atoms with Crippen LogP contribution in [0.5, 0.6) is 0 Å². The molecular weight excluding hydrogens is 176 g/mol. The molecule has 0 saturated heterocycles. The number of carboxylic acids is 1. The molecule has 2 nitrogen and oxygen atoms in total. The zero-order valence-corrected chi connectivity index (χ0v) is 8.87. The maximum Gasteiger partial charge on any atom is 0.332 e. The summed E-state index contributed by atoms with van der Waals surface area (Å²) in [6.07, 6.45) is 5.19. The molecule has 2 aliphatic rings. The molecule has 0 spiro atoms. The van der Waals surface area contributed by atoms with Gasteiger partial charge in [0.2, 0.25) is 0 Å². The minimum Gasteiger partial charge on any atom is -0.478 e. The summed E-state index contributed by atoms with van der Waals surface area (Å²) in [4.78, 5) is 11.2. The number of hydrogen-bond donors (Lipinski definition) is 1. The van der Waals surface area contributed by atoms with Crippen LogP contribution >= 0.6 is 0 Å². The van der Waals surface area contributed by atoms with E-state index in [0.717, 1.165) is 12.0 Å².